The number of ether oxygens (including phenoxy) is 1. The van der Waals surface area contributed by atoms with Gasteiger partial charge < -0.3 is 14.5 Å². The predicted octanol–water partition coefficient (Wildman–Crippen LogP) is 4.32. The Labute approximate surface area is 156 Å². The largest absolute Gasteiger partial charge is 0.490 e. The summed E-state index contributed by atoms with van der Waals surface area (Å²) in [4.78, 5) is 4.47. The SMILES string of the molecule is CCOc1cccc2cc(C(C)Nc3nccn4c(C5CC5)nnc34)oc12. The summed E-state index contributed by atoms with van der Waals surface area (Å²) in [5, 5.41) is 13.1. The van der Waals surface area contributed by atoms with Crippen LogP contribution in [0.25, 0.3) is 16.6 Å². The first kappa shape index (κ1) is 16.1. The van der Waals surface area contributed by atoms with E-state index in [0.29, 0.717) is 18.3 Å². The molecule has 0 aliphatic heterocycles. The number of furan rings is 1. The Kier molecular flexibility index (Phi) is 3.74. The van der Waals surface area contributed by atoms with Gasteiger partial charge in [-0.25, -0.2) is 4.98 Å². The zero-order valence-corrected chi connectivity index (χ0v) is 15.3. The molecular formula is C20H21N5O2. The van der Waals surface area contributed by atoms with Crippen molar-refractivity contribution in [3.05, 3.63) is 48.2 Å². The molecule has 1 saturated carbocycles. The first-order valence-electron chi connectivity index (χ1n) is 9.36. The van der Waals surface area contributed by atoms with Crippen LogP contribution in [0.5, 0.6) is 5.75 Å². The molecule has 3 aromatic heterocycles. The van der Waals surface area contributed by atoms with Crippen molar-refractivity contribution in [3.63, 3.8) is 0 Å². The van der Waals surface area contributed by atoms with Gasteiger partial charge in [0.2, 0.25) is 5.65 Å². The molecule has 0 saturated heterocycles. The molecule has 7 nitrogen and oxygen atoms in total. The number of anilines is 1. The molecule has 5 rings (SSSR count). The topological polar surface area (TPSA) is 77.5 Å². The zero-order valence-electron chi connectivity index (χ0n) is 15.3. The third kappa shape index (κ3) is 2.79. The minimum absolute atomic E-state index is 0.0772. The van der Waals surface area contributed by atoms with Gasteiger partial charge in [-0.05, 0) is 38.8 Å². The molecule has 27 heavy (non-hydrogen) atoms. The number of para-hydroxylation sites is 1. The Morgan fingerprint density at radius 3 is 3.04 bits per heavy atom. The second kappa shape index (κ2) is 6.26. The summed E-state index contributed by atoms with van der Waals surface area (Å²) in [6.07, 6.45) is 6.07. The number of nitrogens with one attached hydrogen (secondary N) is 1. The third-order valence-electron chi connectivity index (χ3n) is 4.90. The maximum Gasteiger partial charge on any atom is 0.203 e. The third-order valence-corrected chi connectivity index (χ3v) is 4.90. The van der Waals surface area contributed by atoms with Crippen LogP contribution in [0, 0.1) is 0 Å². The summed E-state index contributed by atoms with van der Waals surface area (Å²) in [6, 6.07) is 7.88. The van der Waals surface area contributed by atoms with Crippen molar-refractivity contribution in [2.75, 3.05) is 11.9 Å². The molecular weight excluding hydrogens is 342 g/mol. The molecule has 1 unspecified atom stereocenters. The zero-order chi connectivity index (χ0) is 18.4. The second-order valence-corrected chi connectivity index (χ2v) is 6.92. The summed E-state index contributed by atoms with van der Waals surface area (Å²) in [5.41, 5.74) is 1.52. The number of benzene rings is 1. The molecule has 7 heteroatoms. The lowest BCUT2D eigenvalue weighted by atomic mass is 10.2. The lowest BCUT2D eigenvalue weighted by Gasteiger charge is -2.12. The van der Waals surface area contributed by atoms with Crippen molar-refractivity contribution in [1.29, 1.82) is 0 Å². The van der Waals surface area contributed by atoms with Crippen molar-refractivity contribution in [2.45, 2.75) is 38.6 Å². The van der Waals surface area contributed by atoms with Gasteiger partial charge >= 0.3 is 0 Å². The van der Waals surface area contributed by atoms with E-state index in [1.165, 1.54) is 12.8 Å². The minimum atomic E-state index is -0.0772. The van der Waals surface area contributed by atoms with Gasteiger partial charge in [0.25, 0.3) is 0 Å². The average molecular weight is 363 g/mol. The van der Waals surface area contributed by atoms with Crippen molar-refractivity contribution in [1.82, 2.24) is 19.6 Å². The van der Waals surface area contributed by atoms with E-state index in [1.807, 2.05) is 48.7 Å². The highest BCUT2D eigenvalue weighted by molar-refractivity contribution is 5.84. The van der Waals surface area contributed by atoms with E-state index in [0.717, 1.165) is 34.0 Å². The quantitative estimate of drug-likeness (QED) is 0.550. The van der Waals surface area contributed by atoms with E-state index in [-0.39, 0.29) is 6.04 Å². The molecule has 0 spiro atoms. The summed E-state index contributed by atoms with van der Waals surface area (Å²) in [7, 11) is 0. The Morgan fingerprint density at radius 1 is 1.33 bits per heavy atom. The highest BCUT2D eigenvalue weighted by atomic mass is 16.5. The molecule has 1 atom stereocenters. The van der Waals surface area contributed by atoms with Crippen LogP contribution in [-0.4, -0.2) is 26.2 Å². The molecule has 0 bridgehead atoms. The number of hydrogen-bond acceptors (Lipinski definition) is 6. The molecule has 138 valence electrons. The van der Waals surface area contributed by atoms with Crippen LogP contribution in [0.4, 0.5) is 5.82 Å². The van der Waals surface area contributed by atoms with E-state index in [4.69, 9.17) is 9.15 Å². The van der Waals surface area contributed by atoms with Gasteiger partial charge in [-0.2, -0.15) is 0 Å². The number of rotatable bonds is 6. The molecule has 1 aliphatic carbocycles. The van der Waals surface area contributed by atoms with Crippen LogP contribution in [0.3, 0.4) is 0 Å². The monoisotopic (exact) mass is 363 g/mol. The van der Waals surface area contributed by atoms with Gasteiger partial charge in [0.05, 0.1) is 12.6 Å². The van der Waals surface area contributed by atoms with Crippen LogP contribution in [0.2, 0.25) is 0 Å². The minimum Gasteiger partial charge on any atom is -0.490 e. The summed E-state index contributed by atoms with van der Waals surface area (Å²) >= 11 is 0. The molecule has 4 aromatic rings. The Balaban J connectivity index is 1.47. The van der Waals surface area contributed by atoms with Crippen molar-refractivity contribution < 1.29 is 9.15 Å². The normalized spacial score (nSPS) is 15.3. The van der Waals surface area contributed by atoms with Gasteiger partial charge in [0.15, 0.2) is 17.2 Å². The lowest BCUT2D eigenvalue weighted by molar-refractivity contribution is 0.337. The van der Waals surface area contributed by atoms with Crippen LogP contribution in [0.1, 0.15) is 50.2 Å². The van der Waals surface area contributed by atoms with Gasteiger partial charge in [-0.15, -0.1) is 10.2 Å². The molecule has 0 radical (unpaired) electrons. The van der Waals surface area contributed by atoms with Crippen LogP contribution >= 0.6 is 0 Å². The highest BCUT2D eigenvalue weighted by Crippen LogP contribution is 2.39. The first-order valence-corrected chi connectivity index (χ1v) is 9.36. The van der Waals surface area contributed by atoms with Crippen molar-refractivity contribution in [3.8, 4) is 5.75 Å². The number of hydrogen-bond donors (Lipinski definition) is 1. The molecule has 1 fully saturated rings. The van der Waals surface area contributed by atoms with E-state index >= 15 is 0 Å². The van der Waals surface area contributed by atoms with Gasteiger partial charge in [0, 0.05) is 23.7 Å². The van der Waals surface area contributed by atoms with Gasteiger partial charge in [0.1, 0.15) is 11.6 Å². The second-order valence-electron chi connectivity index (χ2n) is 6.92. The number of nitrogens with zero attached hydrogens (tertiary/aromatic N) is 4. The van der Waals surface area contributed by atoms with Crippen molar-refractivity contribution >= 4 is 22.4 Å². The fourth-order valence-corrected chi connectivity index (χ4v) is 3.38. The lowest BCUT2D eigenvalue weighted by Crippen LogP contribution is -2.08. The smallest absolute Gasteiger partial charge is 0.203 e. The van der Waals surface area contributed by atoms with E-state index in [9.17, 15) is 0 Å². The summed E-state index contributed by atoms with van der Waals surface area (Å²) in [6.45, 7) is 4.61. The Hall–Kier alpha value is -3.09. The molecule has 1 N–H and O–H groups in total. The summed E-state index contributed by atoms with van der Waals surface area (Å²) in [5.74, 6) is 3.84. The molecule has 1 aliphatic rings. The first-order chi connectivity index (χ1) is 13.2. The van der Waals surface area contributed by atoms with Gasteiger partial charge in [-0.1, -0.05) is 12.1 Å². The molecule has 3 heterocycles. The number of fused-ring (bicyclic) bond motifs is 2. The van der Waals surface area contributed by atoms with Crippen molar-refractivity contribution in [2.24, 2.45) is 0 Å². The van der Waals surface area contributed by atoms with Gasteiger partial charge in [-0.3, -0.25) is 4.40 Å². The Morgan fingerprint density at radius 2 is 2.22 bits per heavy atom. The maximum absolute atomic E-state index is 6.09. The maximum atomic E-state index is 6.09. The number of aromatic nitrogens is 4. The van der Waals surface area contributed by atoms with E-state index < -0.39 is 0 Å². The fourth-order valence-electron chi connectivity index (χ4n) is 3.38. The van der Waals surface area contributed by atoms with Crippen LogP contribution in [0.15, 0.2) is 41.1 Å². The Bertz CT molecular complexity index is 1110. The standard InChI is InChI=1S/C20H21N5O2/c1-3-26-15-6-4-5-14-11-16(27-17(14)15)12(2)22-18-20-24-23-19(13-7-8-13)25(20)10-9-21-18/h4-6,9-13H,3,7-8H2,1-2H3,(H,21,22). The van der Waals surface area contributed by atoms with Crippen LogP contribution in [-0.2, 0) is 0 Å². The van der Waals surface area contributed by atoms with E-state index in [1.54, 1.807) is 6.20 Å². The van der Waals surface area contributed by atoms with Crippen LogP contribution < -0.4 is 10.1 Å². The fraction of sp³-hybridized carbons (Fsp3) is 0.350. The highest BCUT2D eigenvalue weighted by Gasteiger charge is 2.29. The predicted molar refractivity (Wildman–Crippen MR) is 102 cm³/mol. The summed E-state index contributed by atoms with van der Waals surface area (Å²) < 4.78 is 13.8. The average Bonchev–Trinajstić information content (AvgIpc) is 3.26. The molecule has 1 aromatic carbocycles. The molecule has 0 amide bonds. The van der Waals surface area contributed by atoms with E-state index in [2.05, 4.69) is 20.5 Å².